The SMILES string of the molecule is C=CCn1c(CC(=O)Nc2ccc(Cl)cc2)nnc1SCC(=O)Nc1sc2c(c1C#N)CCCC2. The lowest BCUT2D eigenvalue weighted by atomic mass is 9.96. The van der Waals surface area contributed by atoms with Gasteiger partial charge in [0.2, 0.25) is 11.8 Å². The predicted molar refractivity (Wildman–Crippen MR) is 139 cm³/mol. The van der Waals surface area contributed by atoms with Gasteiger partial charge in [0.15, 0.2) is 5.16 Å². The number of hydrogen-bond donors (Lipinski definition) is 2. The fourth-order valence-electron chi connectivity index (χ4n) is 3.82. The van der Waals surface area contributed by atoms with E-state index in [0.717, 1.165) is 31.2 Å². The number of carbonyl (C=O) groups is 2. The van der Waals surface area contributed by atoms with Crippen LogP contribution in [0.3, 0.4) is 0 Å². The fourth-order valence-corrected chi connectivity index (χ4v) is 5.96. The third-order valence-electron chi connectivity index (χ3n) is 5.42. The van der Waals surface area contributed by atoms with Crippen molar-refractivity contribution < 1.29 is 9.59 Å². The minimum absolute atomic E-state index is 0.0164. The van der Waals surface area contributed by atoms with Crippen LogP contribution in [-0.2, 0) is 35.4 Å². The highest BCUT2D eigenvalue weighted by atomic mass is 35.5. The van der Waals surface area contributed by atoms with Crippen LogP contribution in [0.15, 0.2) is 42.1 Å². The van der Waals surface area contributed by atoms with E-state index in [-0.39, 0.29) is 24.0 Å². The van der Waals surface area contributed by atoms with Gasteiger partial charge in [0.1, 0.15) is 16.9 Å². The topological polar surface area (TPSA) is 113 Å². The van der Waals surface area contributed by atoms with E-state index >= 15 is 0 Å². The van der Waals surface area contributed by atoms with Crippen molar-refractivity contribution in [3.05, 3.63) is 63.8 Å². The van der Waals surface area contributed by atoms with Crippen molar-refractivity contribution in [2.45, 2.75) is 43.8 Å². The zero-order valence-electron chi connectivity index (χ0n) is 18.8. The van der Waals surface area contributed by atoms with Crippen LogP contribution in [0.4, 0.5) is 10.7 Å². The number of nitrogens with one attached hydrogen (secondary N) is 2. The lowest BCUT2D eigenvalue weighted by Crippen LogP contribution is -2.18. The maximum atomic E-state index is 12.7. The second kappa shape index (κ2) is 11.5. The molecule has 2 aromatic heterocycles. The molecular weight excluding hydrogens is 504 g/mol. The van der Waals surface area contributed by atoms with Gasteiger partial charge in [0.25, 0.3) is 0 Å². The molecule has 1 aromatic carbocycles. The number of carbonyl (C=O) groups excluding carboxylic acids is 2. The van der Waals surface area contributed by atoms with Gasteiger partial charge in [0, 0.05) is 22.1 Å². The van der Waals surface area contributed by atoms with Crippen molar-refractivity contribution in [1.82, 2.24) is 14.8 Å². The Labute approximate surface area is 216 Å². The quantitative estimate of drug-likeness (QED) is 0.304. The maximum absolute atomic E-state index is 12.7. The molecule has 0 unspecified atom stereocenters. The summed E-state index contributed by atoms with van der Waals surface area (Å²) in [5, 5.41) is 25.3. The van der Waals surface area contributed by atoms with E-state index in [1.54, 1.807) is 34.9 Å². The average molecular weight is 527 g/mol. The van der Waals surface area contributed by atoms with E-state index in [1.807, 2.05) is 0 Å². The molecule has 0 fully saturated rings. The lowest BCUT2D eigenvalue weighted by Gasteiger charge is -2.09. The fraction of sp³-hybridized carbons (Fsp3) is 0.292. The lowest BCUT2D eigenvalue weighted by molar-refractivity contribution is -0.116. The van der Waals surface area contributed by atoms with Crippen LogP contribution in [-0.4, -0.2) is 32.3 Å². The van der Waals surface area contributed by atoms with Crippen molar-refractivity contribution in [2.24, 2.45) is 0 Å². The zero-order valence-corrected chi connectivity index (χ0v) is 21.2. The molecule has 0 saturated carbocycles. The maximum Gasteiger partial charge on any atom is 0.235 e. The number of benzene rings is 1. The van der Waals surface area contributed by atoms with Crippen molar-refractivity contribution in [2.75, 3.05) is 16.4 Å². The average Bonchev–Trinajstić information content (AvgIpc) is 3.39. The van der Waals surface area contributed by atoms with Gasteiger partial charge in [0.05, 0.1) is 17.7 Å². The molecule has 0 saturated heterocycles. The minimum Gasteiger partial charge on any atom is -0.326 e. The molecule has 3 aromatic rings. The van der Waals surface area contributed by atoms with Crippen molar-refractivity contribution in [1.29, 1.82) is 5.26 Å². The van der Waals surface area contributed by atoms with Gasteiger partial charge in [-0.25, -0.2) is 0 Å². The summed E-state index contributed by atoms with van der Waals surface area (Å²) in [7, 11) is 0. The van der Waals surface area contributed by atoms with Crippen LogP contribution in [0.5, 0.6) is 0 Å². The van der Waals surface area contributed by atoms with Crippen LogP contribution < -0.4 is 10.6 Å². The van der Waals surface area contributed by atoms with E-state index in [1.165, 1.54) is 28.0 Å². The van der Waals surface area contributed by atoms with Gasteiger partial charge >= 0.3 is 0 Å². The Morgan fingerprint density at radius 2 is 1.97 bits per heavy atom. The minimum atomic E-state index is -0.245. The van der Waals surface area contributed by atoms with E-state index in [2.05, 4.69) is 33.5 Å². The Bertz CT molecular complexity index is 1290. The van der Waals surface area contributed by atoms with Crippen LogP contribution >= 0.6 is 34.7 Å². The molecule has 4 rings (SSSR count). The summed E-state index contributed by atoms with van der Waals surface area (Å²) in [5.41, 5.74) is 2.30. The summed E-state index contributed by atoms with van der Waals surface area (Å²) in [6.07, 6.45) is 5.73. The number of thiophene rings is 1. The Morgan fingerprint density at radius 3 is 2.71 bits per heavy atom. The largest absolute Gasteiger partial charge is 0.326 e. The third-order valence-corrected chi connectivity index (χ3v) is 7.85. The van der Waals surface area contributed by atoms with Crippen molar-refractivity contribution in [3.63, 3.8) is 0 Å². The second-order valence-corrected chi connectivity index (χ2v) is 10.4. The molecule has 1 aliphatic rings. The number of allylic oxidation sites excluding steroid dienone is 1. The number of fused-ring (bicyclic) bond motifs is 1. The van der Waals surface area contributed by atoms with Gasteiger partial charge < -0.3 is 15.2 Å². The van der Waals surface area contributed by atoms with Gasteiger partial charge in [-0.2, -0.15) is 5.26 Å². The molecule has 0 atom stereocenters. The van der Waals surface area contributed by atoms with E-state index in [0.29, 0.717) is 38.8 Å². The molecule has 8 nitrogen and oxygen atoms in total. The molecule has 11 heteroatoms. The predicted octanol–water partition coefficient (Wildman–Crippen LogP) is 4.84. The number of nitriles is 1. The van der Waals surface area contributed by atoms with Crippen molar-refractivity contribution in [3.8, 4) is 6.07 Å². The molecule has 35 heavy (non-hydrogen) atoms. The second-order valence-electron chi connectivity index (χ2n) is 7.89. The van der Waals surface area contributed by atoms with Gasteiger partial charge in [-0.1, -0.05) is 29.4 Å². The third kappa shape index (κ3) is 6.11. The van der Waals surface area contributed by atoms with Gasteiger partial charge in [-0.15, -0.1) is 28.1 Å². The molecule has 0 radical (unpaired) electrons. The van der Waals surface area contributed by atoms with Crippen LogP contribution in [0.25, 0.3) is 0 Å². The number of anilines is 2. The summed E-state index contributed by atoms with van der Waals surface area (Å²) in [6.45, 7) is 4.17. The molecule has 0 aliphatic heterocycles. The first-order chi connectivity index (χ1) is 17.0. The molecule has 2 amide bonds. The first-order valence-electron chi connectivity index (χ1n) is 11.0. The summed E-state index contributed by atoms with van der Waals surface area (Å²) >= 11 is 8.60. The first-order valence-corrected chi connectivity index (χ1v) is 13.2. The first kappa shape index (κ1) is 25.0. The summed E-state index contributed by atoms with van der Waals surface area (Å²) < 4.78 is 1.76. The number of thioether (sulfide) groups is 1. The molecule has 2 heterocycles. The normalized spacial score (nSPS) is 12.5. The number of hydrogen-bond acceptors (Lipinski definition) is 7. The highest BCUT2D eigenvalue weighted by Gasteiger charge is 2.22. The van der Waals surface area contributed by atoms with Gasteiger partial charge in [-0.05, 0) is 55.5 Å². The Morgan fingerprint density at radius 1 is 1.20 bits per heavy atom. The molecule has 0 spiro atoms. The Kier molecular flexibility index (Phi) is 8.23. The Balaban J connectivity index is 1.39. The van der Waals surface area contributed by atoms with Gasteiger partial charge in [-0.3, -0.25) is 9.59 Å². The number of halogens is 1. The number of aromatic nitrogens is 3. The summed E-state index contributed by atoms with van der Waals surface area (Å²) in [6, 6.07) is 9.09. The van der Waals surface area contributed by atoms with E-state index in [4.69, 9.17) is 11.6 Å². The molecule has 0 bridgehead atoms. The standard InChI is InChI=1S/C24H23ClN6O2S2/c1-2-11-31-20(12-21(32)27-16-9-7-15(25)8-10-16)29-30-24(31)34-14-22(33)28-23-18(13-26)17-5-3-4-6-19(17)35-23/h2,7-10H,1,3-6,11-12,14H2,(H,27,32)(H,28,33). The monoisotopic (exact) mass is 526 g/mol. The summed E-state index contributed by atoms with van der Waals surface area (Å²) in [5.74, 6) is 0.0990. The van der Waals surface area contributed by atoms with Crippen LogP contribution in [0.2, 0.25) is 5.02 Å². The van der Waals surface area contributed by atoms with Crippen LogP contribution in [0.1, 0.15) is 34.7 Å². The number of nitrogens with zero attached hydrogens (tertiary/aromatic N) is 4. The highest BCUT2D eigenvalue weighted by molar-refractivity contribution is 7.99. The Hall–Kier alpha value is -3.13. The highest BCUT2D eigenvalue weighted by Crippen LogP contribution is 2.37. The molecule has 2 N–H and O–H groups in total. The smallest absolute Gasteiger partial charge is 0.235 e. The number of amides is 2. The summed E-state index contributed by atoms with van der Waals surface area (Å²) in [4.78, 5) is 26.4. The number of rotatable bonds is 9. The van der Waals surface area contributed by atoms with Crippen LogP contribution in [0, 0.1) is 11.3 Å². The molecule has 180 valence electrons. The van der Waals surface area contributed by atoms with Crippen molar-refractivity contribution >= 4 is 57.2 Å². The van der Waals surface area contributed by atoms with E-state index < -0.39 is 0 Å². The molecule has 1 aliphatic carbocycles. The number of aryl methyl sites for hydroxylation is 1. The zero-order chi connectivity index (χ0) is 24.8. The van der Waals surface area contributed by atoms with E-state index in [9.17, 15) is 14.9 Å². The molecular formula is C24H23ClN6O2S2.